The molecular formula is C12H19S. The minimum Gasteiger partial charge on any atom is -0.148 e. The number of rotatable bonds is 6. The number of hydrogen-bond acceptors (Lipinski definition) is 1. The van der Waals surface area contributed by atoms with Gasteiger partial charge in [0.15, 0.2) is 0 Å². The van der Waals surface area contributed by atoms with Gasteiger partial charge in [-0.3, -0.25) is 0 Å². The van der Waals surface area contributed by atoms with Crippen molar-refractivity contribution < 1.29 is 0 Å². The van der Waals surface area contributed by atoms with E-state index in [9.17, 15) is 0 Å². The summed E-state index contributed by atoms with van der Waals surface area (Å²) in [5, 5.41) is 2.14. The van der Waals surface area contributed by atoms with E-state index in [1.54, 1.807) is 0 Å². The fraction of sp³-hybridized carbons (Fsp3) is 0.667. The monoisotopic (exact) mass is 195 g/mol. The molecule has 0 aliphatic rings. The Labute approximate surface area is 86.0 Å². The molecule has 0 spiro atoms. The van der Waals surface area contributed by atoms with Crippen molar-refractivity contribution in [2.24, 2.45) is 0 Å². The summed E-state index contributed by atoms with van der Waals surface area (Å²) in [6.07, 6.45) is 6.69. The summed E-state index contributed by atoms with van der Waals surface area (Å²) in [5.74, 6) is 0.770. The third-order valence-corrected chi connectivity index (χ3v) is 3.49. The summed E-state index contributed by atoms with van der Waals surface area (Å²) in [7, 11) is 0. The van der Waals surface area contributed by atoms with Gasteiger partial charge in [0.05, 0.1) is 0 Å². The molecule has 0 N–H and O–H groups in total. The second-order valence-electron chi connectivity index (χ2n) is 3.53. The minimum atomic E-state index is 0.770. The molecule has 0 saturated heterocycles. The van der Waals surface area contributed by atoms with Crippen LogP contribution in [0.4, 0.5) is 0 Å². The summed E-state index contributed by atoms with van der Waals surface area (Å²) in [6, 6.07) is 5.38. The average molecular weight is 195 g/mol. The van der Waals surface area contributed by atoms with Crippen molar-refractivity contribution in [3.63, 3.8) is 0 Å². The molecule has 0 aromatic carbocycles. The van der Waals surface area contributed by atoms with Crippen LogP contribution in [0, 0.1) is 6.07 Å². The highest BCUT2D eigenvalue weighted by atomic mass is 32.1. The number of unbranched alkanes of at least 4 members (excludes halogenated alkanes) is 2. The molecule has 1 radical (unpaired) electrons. The molecule has 0 amide bonds. The van der Waals surface area contributed by atoms with Gasteiger partial charge in [0.1, 0.15) is 0 Å². The number of hydrogen-bond donors (Lipinski definition) is 0. The fourth-order valence-electron chi connectivity index (χ4n) is 1.63. The minimum absolute atomic E-state index is 0.770. The zero-order valence-corrected chi connectivity index (χ0v) is 9.49. The first-order chi connectivity index (χ1) is 6.38. The Morgan fingerprint density at radius 2 is 2.23 bits per heavy atom. The molecule has 0 aliphatic carbocycles. The molecule has 0 aliphatic heterocycles. The maximum absolute atomic E-state index is 3.33. The van der Waals surface area contributed by atoms with E-state index >= 15 is 0 Å². The van der Waals surface area contributed by atoms with Gasteiger partial charge in [-0.1, -0.05) is 33.1 Å². The summed E-state index contributed by atoms with van der Waals surface area (Å²) in [4.78, 5) is 1.46. The molecule has 0 saturated carbocycles. The van der Waals surface area contributed by atoms with Gasteiger partial charge >= 0.3 is 0 Å². The normalized spacial score (nSPS) is 13.1. The fourth-order valence-corrected chi connectivity index (χ4v) is 2.53. The van der Waals surface area contributed by atoms with Gasteiger partial charge in [-0.25, -0.2) is 0 Å². The Morgan fingerprint density at radius 3 is 2.77 bits per heavy atom. The number of thiophene rings is 1. The van der Waals surface area contributed by atoms with Crippen molar-refractivity contribution in [3.05, 3.63) is 22.4 Å². The zero-order valence-electron chi connectivity index (χ0n) is 8.68. The van der Waals surface area contributed by atoms with E-state index in [1.165, 1.54) is 37.0 Å². The van der Waals surface area contributed by atoms with Crippen molar-refractivity contribution in [1.29, 1.82) is 0 Å². The molecule has 1 rings (SSSR count). The molecule has 1 heterocycles. The van der Waals surface area contributed by atoms with Crippen LogP contribution < -0.4 is 0 Å². The lowest BCUT2D eigenvalue weighted by molar-refractivity contribution is 0.559. The second kappa shape index (κ2) is 6.20. The Balaban J connectivity index is 2.35. The van der Waals surface area contributed by atoms with Crippen LogP contribution in [0.5, 0.6) is 0 Å². The van der Waals surface area contributed by atoms with Crippen molar-refractivity contribution in [2.75, 3.05) is 0 Å². The van der Waals surface area contributed by atoms with E-state index in [1.807, 2.05) is 17.4 Å². The third-order valence-electron chi connectivity index (χ3n) is 2.51. The highest BCUT2D eigenvalue weighted by Gasteiger charge is 2.09. The van der Waals surface area contributed by atoms with Gasteiger partial charge in [-0.15, -0.1) is 11.3 Å². The lowest BCUT2D eigenvalue weighted by atomic mass is 9.97. The van der Waals surface area contributed by atoms with E-state index in [0.29, 0.717) is 0 Å². The van der Waals surface area contributed by atoms with Crippen LogP contribution in [0.2, 0.25) is 0 Å². The summed E-state index contributed by atoms with van der Waals surface area (Å²) in [6.45, 7) is 4.54. The van der Waals surface area contributed by atoms with Crippen molar-refractivity contribution >= 4 is 11.3 Å². The van der Waals surface area contributed by atoms with E-state index in [4.69, 9.17) is 0 Å². The average Bonchev–Trinajstić information content (AvgIpc) is 2.65. The van der Waals surface area contributed by atoms with Gasteiger partial charge in [-0.2, -0.15) is 0 Å². The van der Waals surface area contributed by atoms with E-state index < -0.39 is 0 Å². The van der Waals surface area contributed by atoms with Crippen molar-refractivity contribution in [2.45, 2.75) is 51.9 Å². The molecule has 1 atom stereocenters. The Hall–Kier alpha value is -0.300. The molecule has 0 fully saturated rings. The molecular weight excluding hydrogens is 176 g/mol. The Kier molecular flexibility index (Phi) is 5.14. The van der Waals surface area contributed by atoms with E-state index in [0.717, 1.165) is 5.92 Å². The zero-order chi connectivity index (χ0) is 9.52. The molecule has 1 aromatic rings. The third kappa shape index (κ3) is 3.51. The molecule has 1 heteroatoms. The van der Waals surface area contributed by atoms with Gasteiger partial charge < -0.3 is 0 Å². The molecule has 1 aromatic heterocycles. The maximum atomic E-state index is 3.33. The molecule has 0 bridgehead atoms. The van der Waals surface area contributed by atoms with Crippen LogP contribution in [0.3, 0.4) is 0 Å². The van der Waals surface area contributed by atoms with E-state index in [2.05, 4.69) is 25.3 Å². The highest BCUT2D eigenvalue weighted by Crippen LogP contribution is 2.28. The maximum Gasteiger partial charge on any atom is 0.0155 e. The van der Waals surface area contributed by atoms with Crippen LogP contribution in [-0.2, 0) is 0 Å². The van der Waals surface area contributed by atoms with Gasteiger partial charge in [-0.05, 0) is 36.3 Å². The molecule has 0 nitrogen and oxygen atoms in total. The van der Waals surface area contributed by atoms with Crippen LogP contribution >= 0.6 is 11.3 Å². The van der Waals surface area contributed by atoms with Crippen LogP contribution in [-0.4, -0.2) is 0 Å². The first kappa shape index (κ1) is 10.8. The predicted octanol–water partition coefficient (Wildman–Crippen LogP) is 4.62. The highest BCUT2D eigenvalue weighted by molar-refractivity contribution is 7.09. The molecule has 73 valence electrons. The van der Waals surface area contributed by atoms with Gasteiger partial charge in [0.25, 0.3) is 0 Å². The molecule has 1 unspecified atom stereocenters. The summed E-state index contributed by atoms with van der Waals surface area (Å²) in [5.41, 5.74) is 0. The smallest absolute Gasteiger partial charge is 0.0155 e. The van der Waals surface area contributed by atoms with E-state index in [-0.39, 0.29) is 0 Å². The SMILES string of the molecule is CCCCCC(CC)c1[c]ccs1. The lowest BCUT2D eigenvalue weighted by Crippen LogP contribution is -1.94. The first-order valence-electron chi connectivity index (χ1n) is 5.33. The second-order valence-corrected chi connectivity index (χ2v) is 4.48. The predicted molar refractivity (Wildman–Crippen MR) is 60.3 cm³/mol. The van der Waals surface area contributed by atoms with Crippen LogP contribution in [0.15, 0.2) is 11.4 Å². The van der Waals surface area contributed by atoms with Crippen LogP contribution in [0.25, 0.3) is 0 Å². The van der Waals surface area contributed by atoms with Crippen LogP contribution in [0.1, 0.15) is 56.7 Å². The van der Waals surface area contributed by atoms with Gasteiger partial charge in [0.2, 0.25) is 0 Å². The lowest BCUT2D eigenvalue weighted by Gasteiger charge is -2.11. The topological polar surface area (TPSA) is 0 Å². The Morgan fingerprint density at radius 1 is 1.38 bits per heavy atom. The van der Waals surface area contributed by atoms with Crippen molar-refractivity contribution in [1.82, 2.24) is 0 Å². The summed E-state index contributed by atoms with van der Waals surface area (Å²) < 4.78 is 0. The van der Waals surface area contributed by atoms with Gasteiger partial charge in [0, 0.05) is 4.88 Å². The standard InChI is InChI=1S/C12H19S/c1-3-5-6-8-11(4-2)12-9-7-10-13-12/h7,10-11H,3-6,8H2,1-2H3. The molecule has 13 heavy (non-hydrogen) atoms. The van der Waals surface area contributed by atoms with Crippen molar-refractivity contribution in [3.8, 4) is 0 Å². The summed E-state index contributed by atoms with van der Waals surface area (Å²) >= 11 is 1.86. The first-order valence-corrected chi connectivity index (χ1v) is 6.21. The largest absolute Gasteiger partial charge is 0.148 e. The Bertz CT molecular complexity index is 201. The quantitative estimate of drug-likeness (QED) is 0.581.